The van der Waals surface area contributed by atoms with Crippen molar-refractivity contribution in [1.82, 2.24) is 4.90 Å². The van der Waals surface area contributed by atoms with Crippen molar-refractivity contribution in [3.8, 4) is 0 Å². The second-order valence-electron chi connectivity index (χ2n) is 5.75. The van der Waals surface area contributed by atoms with Crippen LogP contribution in [0.15, 0.2) is 30.3 Å². The van der Waals surface area contributed by atoms with Crippen LogP contribution in [0.2, 0.25) is 0 Å². The average Bonchev–Trinajstić information content (AvgIpc) is 2.79. The molecule has 1 aromatic carbocycles. The van der Waals surface area contributed by atoms with Crippen LogP contribution in [0.3, 0.4) is 0 Å². The molecule has 0 saturated carbocycles. The first-order chi connectivity index (χ1) is 9.08. The van der Waals surface area contributed by atoms with Crippen molar-refractivity contribution in [2.45, 2.75) is 32.7 Å². The van der Waals surface area contributed by atoms with Crippen molar-refractivity contribution in [2.24, 2.45) is 11.8 Å². The van der Waals surface area contributed by atoms with Crippen molar-refractivity contribution in [1.29, 1.82) is 0 Å². The fourth-order valence-electron chi connectivity index (χ4n) is 2.89. The molecule has 1 aliphatic heterocycles. The highest BCUT2D eigenvalue weighted by Gasteiger charge is 2.36. The molecule has 0 spiro atoms. The van der Waals surface area contributed by atoms with Gasteiger partial charge in [0.15, 0.2) is 0 Å². The minimum Gasteiger partial charge on any atom is -0.481 e. The van der Waals surface area contributed by atoms with Crippen LogP contribution in [0.1, 0.15) is 25.8 Å². The first-order valence-corrected chi connectivity index (χ1v) is 7.08. The normalized spacial score (nSPS) is 25.4. The van der Waals surface area contributed by atoms with Gasteiger partial charge in [-0.25, -0.2) is 0 Å². The Morgan fingerprint density at radius 1 is 1.37 bits per heavy atom. The molecular weight excluding hydrogens is 238 g/mol. The molecule has 3 heteroatoms. The summed E-state index contributed by atoms with van der Waals surface area (Å²) >= 11 is 0. The Balaban J connectivity index is 1.84. The Labute approximate surface area is 115 Å². The van der Waals surface area contributed by atoms with Crippen LogP contribution < -0.4 is 0 Å². The van der Waals surface area contributed by atoms with E-state index in [2.05, 4.69) is 36.1 Å². The van der Waals surface area contributed by atoms with Crippen LogP contribution in [-0.2, 0) is 11.2 Å². The minimum atomic E-state index is -0.648. The molecule has 104 valence electrons. The fraction of sp³-hybridized carbons (Fsp3) is 0.562. The lowest BCUT2D eigenvalue weighted by Gasteiger charge is -2.24. The van der Waals surface area contributed by atoms with E-state index in [9.17, 15) is 4.79 Å². The number of aliphatic carboxylic acids is 1. The quantitative estimate of drug-likeness (QED) is 0.886. The third kappa shape index (κ3) is 3.57. The maximum atomic E-state index is 11.1. The van der Waals surface area contributed by atoms with E-state index in [0.717, 1.165) is 19.4 Å². The van der Waals surface area contributed by atoms with E-state index < -0.39 is 5.97 Å². The maximum absolute atomic E-state index is 11.1. The third-order valence-electron chi connectivity index (χ3n) is 4.27. The Hall–Kier alpha value is -1.35. The van der Waals surface area contributed by atoms with Crippen LogP contribution >= 0.6 is 0 Å². The molecule has 0 radical (unpaired) electrons. The van der Waals surface area contributed by atoms with Gasteiger partial charge in [-0.3, -0.25) is 9.69 Å². The number of hydrogen-bond acceptors (Lipinski definition) is 2. The maximum Gasteiger partial charge on any atom is 0.308 e. The first-order valence-electron chi connectivity index (χ1n) is 7.08. The lowest BCUT2D eigenvalue weighted by atomic mass is 9.99. The molecular formula is C16H23NO2. The summed E-state index contributed by atoms with van der Waals surface area (Å²) in [5.41, 5.74) is 1.36. The third-order valence-corrected chi connectivity index (χ3v) is 4.27. The number of nitrogens with zero attached hydrogens (tertiary/aromatic N) is 1. The molecule has 1 heterocycles. The second kappa shape index (κ2) is 6.20. The second-order valence-corrected chi connectivity index (χ2v) is 5.75. The predicted molar refractivity (Wildman–Crippen MR) is 76.1 cm³/mol. The molecule has 3 nitrogen and oxygen atoms in total. The number of likely N-dealkylation sites (tertiary alicyclic amines) is 1. The minimum absolute atomic E-state index is 0.195. The van der Waals surface area contributed by atoms with Crippen LogP contribution in [0.5, 0.6) is 0 Å². The molecule has 1 aromatic rings. The topological polar surface area (TPSA) is 40.5 Å². The van der Waals surface area contributed by atoms with E-state index in [-0.39, 0.29) is 11.8 Å². The summed E-state index contributed by atoms with van der Waals surface area (Å²) < 4.78 is 0. The number of benzene rings is 1. The predicted octanol–water partition coefficient (Wildman–Crippen LogP) is 2.66. The summed E-state index contributed by atoms with van der Waals surface area (Å²) in [6.07, 6.45) is 2.15. The molecule has 1 aliphatic rings. The van der Waals surface area contributed by atoms with Crippen molar-refractivity contribution in [3.63, 3.8) is 0 Å². The van der Waals surface area contributed by atoms with E-state index in [4.69, 9.17) is 5.11 Å². The number of aryl methyl sites for hydroxylation is 1. The number of rotatable bonds is 5. The van der Waals surface area contributed by atoms with E-state index in [1.54, 1.807) is 0 Å². The lowest BCUT2D eigenvalue weighted by molar-refractivity contribution is -0.142. The van der Waals surface area contributed by atoms with Crippen LogP contribution in [0, 0.1) is 11.8 Å². The van der Waals surface area contributed by atoms with Gasteiger partial charge in [-0.1, -0.05) is 37.3 Å². The van der Waals surface area contributed by atoms with Crippen LogP contribution in [-0.4, -0.2) is 35.1 Å². The highest BCUT2D eigenvalue weighted by molar-refractivity contribution is 5.71. The zero-order valence-corrected chi connectivity index (χ0v) is 11.7. The van der Waals surface area contributed by atoms with Gasteiger partial charge < -0.3 is 5.11 Å². The molecule has 1 N–H and O–H groups in total. The number of carbonyl (C=O) groups is 1. The van der Waals surface area contributed by atoms with E-state index in [0.29, 0.717) is 12.6 Å². The molecule has 0 amide bonds. The molecule has 3 atom stereocenters. The van der Waals surface area contributed by atoms with Crippen LogP contribution in [0.4, 0.5) is 0 Å². The molecule has 1 saturated heterocycles. The summed E-state index contributed by atoms with van der Waals surface area (Å²) in [6, 6.07) is 10.9. The van der Waals surface area contributed by atoms with Gasteiger partial charge in [0, 0.05) is 19.1 Å². The summed E-state index contributed by atoms with van der Waals surface area (Å²) in [5.74, 6) is -0.582. The van der Waals surface area contributed by atoms with Gasteiger partial charge in [-0.05, 0) is 31.2 Å². The van der Waals surface area contributed by atoms with Crippen molar-refractivity contribution < 1.29 is 9.90 Å². The Morgan fingerprint density at radius 2 is 2.05 bits per heavy atom. The zero-order chi connectivity index (χ0) is 13.8. The fourth-order valence-corrected chi connectivity index (χ4v) is 2.89. The molecule has 1 fully saturated rings. The summed E-state index contributed by atoms with van der Waals surface area (Å²) in [6.45, 7) is 5.86. The summed E-state index contributed by atoms with van der Waals surface area (Å²) in [5, 5.41) is 9.16. The van der Waals surface area contributed by atoms with Gasteiger partial charge in [0.1, 0.15) is 0 Å². The first kappa shape index (κ1) is 14.1. The summed E-state index contributed by atoms with van der Waals surface area (Å²) in [4.78, 5) is 13.5. The monoisotopic (exact) mass is 261 g/mol. The van der Waals surface area contributed by atoms with Crippen molar-refractivity contribution in [2.75, 3.05) is 13.1 Å². The molecule has 2 rings (SSSR count). The van der Waals surface area contributed by atoms with Crippen LogP contribution in [0.25, 0.3) is 0 Å². The SMILES string of the molecule is CC(CCc1ccccc1)N1C[C@@H](C)[C@H](C(=O)O)C1. The highest BCUT2D eigenvalue weighted by atomic mass is 16.4. The van der Waals surface area contributed by atoms with E-state index >= 15 is 0 Å². The van der Waals surface area contributed by atoms with E-state index in [1.807, 2.05) is 13.0 Å². The van der Waals surface area contributed by atoms with Crippen molar-refractivity contribution >= 4 is 5.97 Å². The molecule has 0 aromatic heterocycles. The zero-order valence-electron chi connectivity index (χ0n) is 11.7. The highest BCUT2D eigenvalue weighted by Crippen LogP contribution is 2.26. The molecule has 19 heavy (non-hydrogen) atoms. The van der Waals surface area contributed by atoms with Gasteiger partial charge in [-0.2, -0.15) is 0 Å². The standard InChI is InChI=1S/C16H23NO2/c1-12-10-17(11-15(12)16(18)19)13(2)8-9-14-6-4-3-5-7-14/h3-7,12-13,15H,8-11H2,1-2H3,(H,18,19)/t12-,13?,15-/m1/s1. The van der Waals surface area contributed by atoms with E-state index in [1.165, 1.54) is 5.56 Å². The van der Waals surface area contributed by atoms with Crippen molar-refractivity contribution in [3.05, 3.63) is 35.9 Å². The van der Waals surface area contributed by atoms with Gasteiger partial charge in [0.2, 0.25) is 0 Å². The van der Waals surface area contributed by atoms with Gasteiger partial charge in [0.25, 0.3) is 0 Å². The van der Waals surface area contributed by atoms with Gasteiger partial charge in [0.05, 0.1) is 5.92 Å². The number of carboxylic acids is 1. The molecule has 0 aliphatic carbocycles. The van der Waals surface area contributed by atoms with Gasteiger partial charge in [-0.15, -0.1) is 0 Å². The molecule has 1 unspecified atom stereocenters. The smallest absolute Gasteiger partial charge is 0.308 e. The lowest BCUT2D eigenvalue weighted by Crippen LogP contribution is -2.32. The number of carboxylic acid groups (broad SMARTS) is 1. The Bertz CT molecular complexity index is 418. The largest absolute Gasteiger partial charge is 0.481 e. The Morgan fingerprint density at radius 3 is 2.63 bits per heavy atom. The Kier molecular flexibility index (Phi) is 4.59. The molecule has 0 bridgehead atoms. The average molecular weight is 261 g/mol. The number of hydrogen-bond donors (Lipinski definition) is 1. The summed E-state index contributed by atoms with van der Waals surface area (Å²) in [7, 11) is 0. The van der Waals surface area contributed by atoms with Gasteiger partial charge >= 0.3 is 5.97 Å².